The van der Waals surface area contributed by atoms with Gasteiger partial charge in [0.05, 0.1) is 22.6 Å². The number of amides is 2. The van der Waals surface area contributed by atoms with Gasteiger partial charge in [0.2, 0.25) is 11.8 Å². The van der Waals surface area contributed by atoms with Crippen LogP contribution in [0.4, 0.5) is 10.1 Å². The molecule has 1 spiro atoms. The third-order valence-electron chi connectivity index (χ3n) is 7.22. The first-order valence-corrected chi connectivity index (χ1v) is 11.8. The van der Waals surface area contributed by atoms with Gasteiger partial charge in [0.25, 0.3) is 0 Å². The summed E-state index contributed by atoms with van der Waals surface area (Å²) < 4.78 is 15.3. The van der Waals surface area contributed by atoms with Crippen molar-refractivity contribution in [2.45, 2.75) is 55.2 Å². The van der Waals surface area contributed by atoms with E-state index in [1.165, 1.54) is 6.07 Å². The predicted molar refractivity (Wildman–Crippen MR) is 124 cm³/mol. The van der Waals surface area contributed by atoms with Gasteiger partial charge in [-0.05, 0) is 55.0 Å². The van der Waals surface area contributed by atoms with Crippen LogP contribution in [0.1, 0.15) is 42.7 Å². The van der Waals surface area contributed by atoms with Crippen LogP contribution in [0.2, 0.25) is 10.0 Å². The highest BCUT2D eigenvalue weighted by atomic mass is 35.5. The van der Waals surface area contributed by atoms with E-state index in [4.69, 9.17) is 23.2 Å². The van der Waals surface area contributed by atoms with E-state index in [0.29, 0.717) is 42.0 Å². The second-order valence-electron chi connectivity index (χ2n) is 9.11. The minimum absolute atomic E-state index is 0.0651. The molecule has 2 amide bonds. The summed E-state index contributed by atoms with van der Waals surface area (Å²) in [6.45, 7) is 0.158. The smallest absolute Gasteiger partial charge is 0.238 e. The van der Waals surface area contributed by atoms with Crippen LogP contribution in [0.3, 0.4) is 0 Å². The summed E-state index contributed by atoms with van der Waals surface area (Å²) in [6.07, 6.45) is 2.24. The molecule has 3 atom stereocenters. The zero-order chi connectivity index (χ0) is 23.3. The zero-order valence-corrected chi connectivity index (χ0v) is 19.2. The molecule has 5 rings (SSSR count). The first kappa shape index (κ1) is 22.6. The third-order valence-corrected chi connectivity index (χ3v) is 7.75. The first-order valence-electron chi connectivity index (χ1n) is 11.1. The minimum atomic E-state index is -1.20. The van der Waals surface area contributed by atoms with E-state index in [1.807, 2.05) is 0 Å². The lowest BCUT2D eigenvalue weighted by atomic mass is 9.68. The molecule has 1 saturated heterocycles. The van der Waals surface area contributed by atoms with Crippen molar-refractivity contribution in [1.82, 2.24) is 10.6 Å². The van der Waals surface area contributed by atoms with Crippen molar-refractivity contribution in [3.63, 3.8) is 0 Å². The summed E-state index contributed by atoms with van der Waals surface area (Å²) >= 11 is 12.2. The van der Waals surface area contributed by atoms with Gasteiger partial charge in [0, 0.05) is 29.2 Å². The number of rotatable bonds is 3. The first-order chi connectivity index (χ1) is 15.8. The number of anilines is 1. The van der Waals surface area contributed by atoms with Gasteiger partial charge in [0.1, 0.15) is 5.82 Å². The van der Waals surface area contributed by atoms with Crippen LogP contribution in [0.15, 0.2) is 36.4 Å². The highest BCUT2D eigenvalue weighted by Gasteiger charge is 2.61. The number of aliphatic hydroxyl groups excluding tert-OH is 1. The van der Waals surface area contributed by atoms with Crippen LogP contribution in [0, 0.1) is 5.82 Å². The van der Waals surface area contributed by atoms with Crippen molar-refractivity contribution >= 4 is 40.7 Å². The Hall–Kier alpha value is -2.19. The molecule has 2 aromatic rings. The second kappa shape index (κ2) is 8.55. The molecule has 4 N–H and O–H groups in total. The van der Waals surface area contributed by atoms with Crippen molar-refractivity contribution in [3.05, 3.63) is 63.4 Å². The third kappa shape index (κ3) is 3.71. The molecule has 0 unspecified atom stereocenters. The summed E-state index contributed by atoms with van der Waals surface area (Å²) in [7, 11) is 0. The van der Waals surface area contributed by atoms with Crippen molar-refractivity contribution in [3.8, 4) is 0 Å². The lowest BCUT2D eigenvalue weighted by molar-refractivity contribution is -0.124. The van der Waals surface area contributed by atoms with Crippen LogP contribution >= 0.6 is 23.2 Å². The number of benzene rings is 2. The number of carbonyl (C=O) groups excluding carboxylic acids is 2. The van der Waals surface area contributed by atoms with E-state index in [9.17, 15) is 14.7 Å². The maximum Gasteiger partial charge on any atom is 0.238 e. The number of hydrogen-bond acceptors (Lipinski definition) is 4. The molecule has 9 heteroatoms. The van der Waals surface area contributed by atoms with Gasteiger partial charge < -0.3 is 21.1 Å². The quantitative estimate of drug-likeness (QED) is 0.528. The van der Waals surface area contributed by atoms with Crippen molar-refractivity contribution in [2.24, 2.45) is 0 Å². The summed E-state index contributed by atoms with van der Waals surface area (Å²) in [5, 5.41) is 19.3. The molecule has 0 bridgehead atoms. The normalized spacial score (nSPS) is 30.8. The number of fused-ring (bicyclic) bond motifs is 2. The molecule has 6 nitrogen and oxygen atoms in total. The lowest BCUT2D eigenvalue weighted by Crippen LogP contribution is -2.49. The molecule has 174 valence electrons. The molecule has 2 heterocycles. The molecule has 0 radical (unpaired) electrons. The van der Waals surface area contributed by atoms with Gasteiger partial charge in [-0.3, -0.25) is 9.59 Å². The topological polar surface area (TPSA) is 90.5 Å². The van der Waals surface area contributed by atoms with Crippen LogP contribution in [0.5, 0.6) is 0 Å². The number of carbonyl (C=O) groups is 2. The van der Waals surface area contributed by atoms with Crippen LogP contribution in [-0.2, 0) is 15.0 Å². The monoisotopic (exact) mass is 491 g/mol. The van der Waals surface area contributed by atoms with Crippen LogP contribution in [-0.4, -0.2) is 41.7 Å². The van der Waals surface area contributed by atoms with E-state index in [1.54, 1.807) is 30.3 Å². The van der Waals surface area contributed by atoms with Gasteiger partial charge in [-0.1, -0.05) is 41.4 Å². The van der Waals surface area contributed by atoms with Gasteiger partial charge >= 0.3 is 0 Å². The molecular weight excluding hydrogens is 468 g/mol. The largest absolute Gasteiger partial charge is 0.393 e. The zero-order valence-electron chi connectivity index (χ0n) is 17.7. The van der Waals surface area contributed by atoms with Crippen LogP contribution in [0.25, 0.3) is 0 Å². The SMILES string of the molecule is O=C(N[C@H]1CC[C@H](O)CC1)[C@@H]1NC[C@@]2(C(=O)Nc3cc(Cl)ccc32)[C@H]1c1cccc(Cl)c1F. The Balaban J connectivity index is 1.57. The fourth-order valence-corrected chi connectivity index (χ4v) is 5.95. The standard InChI is InChI=1S/C24H24Cl2FN3O3/c25-12-4-9-16-18(10-12)30-23(33)24(16)11-28-21(19(24)15-2-1-3-17(26)20(15)27)22(32)29-13-5-7-14(31)8-6-13/h1-4,9-10,13-14,19,21,28,31H,5-8,11H2,(H,29,32)(H,30,33)/t13-,14-,19-,21+,24-/m0/s1. The highest BCUT2D eigenvalue weighted by molar-refractivity contribution is 6.31. The molecule has 1 aliphatic carbocycles. The molecule has 1 saturated carbocycles. The Morgan fingerprint density at radius 1 is 1.15 bits per heavy atom. The maximum absolute atomic E-state index is 15.3. The summed E-state index contributed by atoms with van der Waals surface area (Å²) in [5.41, 5.74) is 0.245. The number of hydrogen-bond donors (Lipinski definition) is 4. The van der Waals surface area contributed by atoms with Gasteiger partial charge in [0.15, 0.2) is 0 Å². The van der Waals surface area contributed by atoms with Gasteiger partial charge in [-0.15, -0.1) is 0 Å². The van der Waals surface area contributed by atoms with Crippen molar-refractivity contribution in [1.29, 1.82) is 0 Å². The van der Waals surface area contributed by atoms with E-state index >= 15 is 4.39 Å². The van der Waals surface area contributed by atoms with Gasteiger partial charge in [-0.2, -0.15) is 0 Å². The molecule has 33 heavy (non-hydrogen) atoms. The van der Waals surface area contributed by atoms with E-state index in [2.05, 4.69) is 16.0 Å². The van der Waals surface area contributed by atoms with Crippen molar-refractivity contribution in [2.75, 3.05) is 11.9 Å². The average molecular weight is 492 g/mol. The minimum Gasteiger partial charge on any atom is -0.393 e. The van der Waals surface area contributed by atoms with E-state index < -0.39 is 23.2 Å². The van der Waals surface area contributed by atoms with Crippen molar-refractivity contribution < 1.29 is 19.1 Å². The Morgan fingerprint density at radius 3 is 2.67 bits per heavy atom. The average Bonchev–Trinajstić information content (AvgIpc) is 3.30. The molecule has 3 aliphatic rings. The Morgan fingerprint density at radius 2 is 1.91 bits per heavy atom. The molecule has 2 aliphatic heterocycles. The Kier molecular flexibility index (Phi) is 5.85. The number of halogens is 3. The molecule has 2 fully saturated rings. The highest BCUT2D eigenvalue weighted by Crippen LogP contribution is 2.52. The number of nitrogens with one attached hydrogen (secondary N) is 3. The fourth-order valence-electron chi connectivity index (χ4n) is 5.59. The Bertz CT molecular complexity index is 1120. The number of aliphatic hydroxyl groups is 1. The van der Waals surface area contributed by atoms with E-state index in [0.717, 1.165) is 0 Å². The molecule has 0 aromatic heterocycles. The summed E-state index contributed by atoms with van der Waals surface area (Å²) in [6, 6.07) is 8.84. The summed E-state index contributed by atoms with van der Waals surface area (Å²) in [5.74, 6) is -2.07. The van der Waals surface area contributed by atoms with E-state index in [-0.39, 0.29) is 41.1 Å². The van der Waals surface area contributed by atoms with Crippen LogP contribution < -0.4 is 16.0 Å². The fraction of sp³-hybridized carbons (Fsp3) is 0.417. The second-order valence-corrected chi connectivity index (χ2v) is 9.95. The predicted octanol–water partition coefficient (Wildman–Crippen LogP) is 3.50. The molecule has 2 aromatic carbocycles. The Labute approximate surface area is 200 Å². The maximum atomic E-state index is 15.3. The summed E-state index contributed by atoms with van der Waals surface area (Å²) in [4.78, 5) is 26.9. The van der Waals surface area contributed by atoms with Gasteiger partial charge in [-0.25, -0.2) is 4.39 Å². The molecular formula is C24H24Cl2FN3O3. The lowest BCUT2D eigenvalue weighted by Gasteiger charge is -2.33.